The number of para-hydroxylation sites is 1. The lowest BCUT2D eigenvalue weighted by atomic mass is 9.88. The highest BCUT2D eigenvalue weighted by atomic mass is 19.1. The van der Waals surface area contributed by atoms with E-state index in [0.717, 1.165) is 6.42 Å². The van der Waals surface area contributed by atoms with E-state index in [4.69, 9.17) is 9.84 Å². The van der Waals surface area contributed by atoms with Crippen LogP contribution < -0.4 is 10.1 Å². The van der Waals surface area contributed by atoms with Crippen molar-refractivity contribution < 1.29 is 19.0 Å². The fraction of sp³-hybridized carbons (Fsp3) is 0.562. The number of aliphatic hydroxyl groups is 1. The van der Waals surface area contributed by atoms with Crippen LogP contribution in [0.2, 0.25) is 0 Å². The zero-order valence-corrected chi connectivity index (χ0v) is 12.9. The maximum atomic E-state index is 13.4. The van der Waals surface area contributed by atoms with Crippen molar-refractivity contribution in [3.63, 3.8) is 0 Å². The van der Waals surface area contributed by atoms with Gasteiger partial charge in [-0.05, 0) is 37.3 Å². The normalized spacial score (nSPS) is 12.8. The Morgan fingerprint density at radius 3 is 2.71 bits per heavy atom. The molecule has 4 nitrogen and oxygen atoms in total. The first-order valence-corrected chi connectivity index (χ1v) is 7.15. The number of benzene rings is 1. The summed E-state index contributed by atoms with van der Waals surface area (Å²) in [7, 11) is 0. The van der Waals surface area contributed by atoms with Gasteiger partial charge < -0.3 is 15.2 Å². The van der Waals surface area contributed by atoms with Gasteiger partial charge in [0.2, 0.25) is 0 Å². The van der Waals surface area contributed by atoms with Crippen molar-refractivity contribution in [2.75, 3.05) is 13.2 Å². The number of carbonyl (C=O) groups excluding carboxylic acids is 1. The maximum Gasteiger partial charge on any atom is 0.260 e. The average molecular weight is 297 g/mol. The Kier molecular flexibility index (Phi) is 6.62. The van der Waals surface area contributed by atoms with E-state index in [1.165, 1.54) is 12.1 Å². The molecule has 1 atom stereocenters. The summed E-state index contributed by atoms with van der Waals surface area (Å²) in [4.78, 5) is 12.0. The molecule has 1 unspecified atom stereocenters. The number of aliphatic hydroxyl groups excluding tert-OH is 1. The van der Waals surface area contributed by atoms with Gasteiger partial charge in [0.1, 0.15) is 0 Å². The van der Waals surface area contributed by atoms with Crippen molar-refractivity contribution in [3.8, 4) is 5.75 Å². The van der Waals surface area contributed by atoms with Gasteiger partial charge in [0.05, 0.1) is 0 Å². The average Bonchev–Trinajstić information content (AvgIpc) is 2.45. The molecule has 1 amide bonds. The zero-order valence-electron chi connectivity index (χ0n) is 12.9. The van der Waals surface area contributed by atoms with Crippen LogP contribution in [0.1, 0.15) is 33.6 Å². The summed E-state index contributed by atoms with van der Waals surface area (Å²) in [6.45, 7) is 6.25. The van der Waals surface area contributed by atoms with Crippen molar-refractivity contribution >= 4 is 5.91 Å². The smallest absolute Gasteiger partial charge is 0.260 e. The Balaban J connectivity index is 2.46. The number of rotatable bonds is 8. The summed E-state index contributed by atoms with van der Waals surface area (Å²) < 4.78 is 18.8. The molecule has 0 aromatic heterocycles. The summed E-state index contributed by atoms with van der Waals surface area (Å²) in [5.41, 5.74) is -0.101. The van der Waals surface area contributed by atoms with Crippen LogP contribution in [0.5, 0.6) is 5.75 Å². The molecule has 0 fully saturated rings. The van der Waals surface area contributed by atoms with Crippen LogP contribution in [0.25, 0.3) is 0 Å². The van der Waals surface area contributed by atoms with Crippen LogP contribution in [-0.2, 0) is 4.79 Å². The number of hydrogen-bond donors (Lipinski definition) is 2. The molecule has 1 rings (SSSR count). The first kappa shape index (κ1) is 17.4. The Labute approximate surface area is 125 Å². The highest BCUT2D eigenvalue weighted by Gasteiger charge is 2.21. The lowest BCUT2D eigenvalue weighted by Gasteiger charge is -2.25. The van der Waals surface area contributed by atoms with Crippen LogP contribution in [0, 0.1) is 11.2 Å². The fourth-order valence-electron chi connectivity index (χ4n) is 1.90. The highest BCUT2D eigenvalue weighted by Crippen LogP contribution is 2.21. The van der Waals surface area contributed by atoms with Gasteiger partial charge in [-0.25, -0.2) is 4.39 Å². The fourth-order valence-corrected chi connectivity index (χ4v) is 1.90. The van der Waals surface area contributed by atoms with E-state index >= 15 is 0 Å². The topological polar surface area (TPSA) is 58.6 Å². The third-order valence-electron chi connectivity index (χ3n) is 3.26. The largest absolute Gasteiger partial charge is 0.478 e. The molecule has 5 heteroatoms. The number of carbonyl (C=O) groups is 1. The summed E-state index contributed by atoms with van der Waals surface area (Å²) in [6.07, 6.45) is 0.742. The van der Waals surface area contributed by atoms with Gasteiger partial charge in [-0.3, -0.25) is 4.79 Å². The summed E-state index contributed by atoms with van der Waals surface area (Å²) in [6, 6.07) is 6.00. The molecule has 0 radical (unpaired) electrons. The van der Waals surface area contributed by atoms with Gasteiger partial charge in [-0.15, -0.1) is 0 Å². The molecule has 0 bridgehead atoms. The Bertz CT molecular complexity index is 463. The highest BCUT2D eigenvalue weighted by molar-refractivity contribution is 5.80. The Morgan fingerprint density at radius 2 is 2.10 bits per heavy atom. The molecule has 0 spiro atoms. The first-order valence-electron chi connectivity index (χ1n) is 7.15. The van der Waals surface area contributed by atoms with Crippen LogP contribution in [0.3, 0.4) is 0 Å². The molecule has 0 aliphatic heterocycles. The second kappa shape index (κ2) is 7.98. The van der Waals surface area contributed by atoms with Gasteiger partial charge in [-0.1, -0.05) is 26.0 Å². The minimum Gasteiger partial charge on any atom is -0.478 e. The standard InChI is InChI=1S/C16H24FNO3/c1-12(21-14-8-5-4-7-13(14)17)15(20)18-11-16(2,3)9-6-10-19/h4-5,7-8,12,19H,6,9-11H2,1-3H3,(H,18,20). The summed E-state index contributed by atoms with van der Waals surface area (Å²) >= 11 is 0. The van der Waals surface area contributed by atoms with Crippen molar-refractivity contribution in [2.45, 2.75) is 39.7 Å². The lowest BCUT2D eigenvalue weighted by Crippen LogP contribution is -2.41. The summed E-state index contributed by atoms with van der Waals surface area (Å²) in [5, 5.41) is 11.6. The van der Waals surface area contributed by atoms with Gasteiger partial charge in [0.15, 0.2) is 17.7 Å². The van der Waals surface area contributed by atoms with Crippen molar-refractivity contribution in [3.05, 3.63) is 30.1 Å². The van der Waals surface area contributed by atoms with Crippen LogP contribution in [-0.4, -0.2) is 30.3 Å². The molecule has 1 aromatic rings. The molecule has 0 aliphatic carbocycles. The van der Waals surface area contributed by atoms with Crippen molar-refractivity contribution in [1.29, 1.82) is 0 Å². The molecule has 0 saturated heterocycles. The molecular formula is C16H24FNO3. The van der Waals surface area contributed by atoms with Crippen LogP contribution in [0.4, 0.5) is 4.39 Å². The molecule has 0 heterocycles. The Hall–Kier alpha value is -1.62. The van der Waals surface area contributed by atoms with Crippen LogP contribution in [0.15, 0.2) is 24.3 Å². The van der Waals surface area contributed by atoms with Gasteiger partial charge in [0.25, 0.3) is 5.91 Å². The Morgan fingerprint density at radius 1 is 1.43 bits per heavy atom. The molecule has 2 N–H and O–H groups in total. The molecule has 21 heavy (non-hydrogen) atoms. The third-order valence-corrected chi connectivity index (χ3v) is 3.26. The molecule has 1 aromatic carbocycles. The number of ether oxygens (including phenoxy) is 1. The summed E-state index contributed by atoms with van der Waals surface area (Å²) in [5.74, 6) is -0.699. The zero-order chi connectivity index (χ0) is 15.9. The van der Waals surface area contributed by atoms with Crippen molar-refractivity contribution in [2.24, 2.45) is 5.41 Å². The minimum atomic E-state index is -0.768. The van der Waals surface area contributed by atoms with E-state index in [1.807, 2.05) is 13.8 Å². The minimum absolute atomic E-state index is 0.0692. The molecule has 0 aliphatic rings. The van der Waals surface area contributed by atoms with Gasteiger partial charge in [0, 0.05) is 13.2 Å². The first-order chi connectivity index (χ1) is 9.85. The van der Waals surface area contributed by atoms with E-state index in [0.29, 0.717) is 13.0 Å². The van der Waals surface area contributed by atoms with E-state index in [1.54, 1.807) is 19.1 Å². The quantitative estimate of drug-likeness (QED) is 0.775. The van der Waals surface area contributed by atoms with E-state index in [2.05, 4.69) is 5.32 Å². The molecular weight excluding hydrogens is 273 g/mol. The number of nitrogens with one attached hydrogen (secondary N) is 1. The monoisotopic (exact) mass is 297 g/mol. The van der Waals surface area contributed by atoms with E-state index in [-0.39, 0.29) is 23.7 Å². The van der Waals surface area contributed by atoms with Crippen molar-refractivity contribution in [1.82, 2.24) is 5.32 Å². The predicted molar refractivity (Wildman–Crippen MR) is 79.6 cm³/mol. The number of amides is 1. The van der Waals surface area contributed by atoms with Gasteiger partial charge >= 0.3 is 0 Å². The number of halogens is 1. The predicted octanol–water partition coefficient (Wildman–Crippen LogP) is 2.51. The van der Waals surface area contributed by atoms with E-state index < -0.39 is 11.9 Å². The van der Waals surface area contributed by atoms with Gasteiger partial charge in [-0.2, -0.15) is 0 Å². The number of hydrogen-bond acceptors (Lipinski definition) is 3. The van der Waals surface area contributed by atoms with Crippen LogP contribution >= 0.6 is 0 Å². The molecule has 118 valence electrons. The lowest BCUT2D eigenvalue weighted by molar-refractivity contribution is -0.127. The molecule has 0 saturated carbocycles. The maximum absolute atomic E-state index is 13.4. The SMILES string of the molecule is CC(Oc1ccccc1F)C(=O)NCC(C)(C)CCCO. The van der Waals surface area contributed by atoms with E-state index in [9.17, 15) is 9.18 Å². The third kappa shape index (κ3) is 6.12. The second-order valence-electron chi connectivity index (χ2n) is 5.90. The second-order valence-corrected chi connectivity index (χ2v) is 5.90.